The number of thiazole rings is 1. The Morgan fingerprint density at radius 3 is 2.57 bits per heavy atom. The quantitative estimate of drug-likeness (QED) is 0.648. The first-order valence-electron chi connectivity index (χ1n) is 8.25. The van der Waals surface area contributed by atoms with Gasteiger partial charge in [0.2, 0.25) is 10.0 Å². The molecule has 0 fully saturated rings. The molecular formula is C19H18ClN3O3S2. The molecule has 0 radical (unpaired) electrons. The van der Waals surface area contributed by atoms with Crippen LogP contribution in [0, 0.1) is 6.92 Å². The van der Waals surface area contributed by atoms with Crippen LogP contribution in [-0.4, -0.2) is 37.7 Å². The minimum Gasteiger partial charge on any atom is -0.298 e. The summed E-state index contributed by atoms with van der Waals surface area (Å²) >= 11 is 7.46. The van der Waals surface area contributed by atoms with Crippen LogP contribution in [0.2, 0.25) is 5.02 Å². The first kappa shape index (κ1) is 20.5. The van der Waals surface area contributed by atoms with Crippen LogP contribution in [0.5, 0.6) is 0 Å². The van der Waals surface area contributed by atoms with Crippen LogP contribution in [0.3, 0.4) is 0 Å². The number of aryl methyl sites for hydroxylation is 1. The Morgan fingerprint density at radius 2 is 1.89 bits per heavy atom. The van der Waals surface area contributed by atoms with Crippen LogP contribution in [0.15, 0.2) is 52.7 Å². The molecule has 0 atom stereocenters. The van der Waals surface area contributed by atoms with Crippen LogP contribution < -0.4 is 5.32 Å². The Kier molecular flexibility index (Phi) is 5.85. The lowest BCUT2D eigenvalue weighted by atomic mass is 10.1. The molecule has 1 N–H and O–H groups in total. The lowest BCUT2D eigenvalue weighted by Gasteiger charge is -2.13. The van der Waals surface area contributed by atoms with Gasteiger partial charge in [-0.25, -0.2) is 17.7 Å². The third-order valence-electron chi connectivity index (χ3n) is 4.11. The molecule has 0 bridgehead atoms. The second-order valence-corrected chi connectivity index (χ2v) is 9.65. The number of sulfonamides is 1. The Balaban J connectivity index is 1.87. The Bertz CT molecular complexity index is 1140. The second-order valence-electron chi connectivity index (χ2n) is 6.24. The summed E-state index contributed by atoms with van der Waals surface area (Å²) in [5, 5.41) is 5.51. The summed E-state index contributed by atoms with van der Waals surface area (Å²) in [4.78, 5) is 17.2. The minimum absolute atomic E-state index is 0.0594. The number of hydrogen-bond donors (Lipinski definition) is 1. The molecule has 1 amide bonds. The van der Waals surface area contributed by atoms with Crippen molar-refractivity contribution in [1.82, 2.24) is 9.29 Å². The fourth-order valence-electron chi connectivity index (χ4n) is 2.51. The Labute approximate surface area is 172 Å². The summed E-state index contributed by atoms with van der Waals surface area (Å²) in [7, 11) is -0.743. The van der Waals surface area contributed by atoms with Gasteiger partial charge in [-0.1, -0.05) is 35.9 Å². The van der Waals surface area contributed by atoms with E-state index in [2.05, 4.69) is 10.3 Å². The van der Waals surface area contributed by atoms with E-state index in [1.54, 1.807) is 24.4 Å². The smallest absolute Gasteiger partial charge is 0.257 e. The van der Waals surface area contributed by atoms with Crippen molar-refractivity contribution >= 4 is 44.0 Å². The molecular weight excluding hydrogens is 418 g/mol. The molecule has 3 rings (SSSR count). The van der Waals surface area contributed by atoms with E-state index in [1.807, 2.05) is 18.2 Å². The van der Waals surface area contributed by atoms with Gasteiger partial charge >= 0.3 is 0 Å². The summed E-state index contributed by atoms with van der Waals surface area (Å²) in [6.07, 6.45) is 0. The topological polar surface area (TPSA) is 79.4 Å². The zero-order chi connectivity index (χ0) is 20.5. The summed E-state index contributed by atoms with van der Waals surface area (Å²) in [6, 6.07) is 11.8. The molecule has 28 heavy (non-hydrogen) atoms. The number of carbonyl (C=O) groups excluding carboxylic acids is 1. The highest BCUT2D eigenvalue weighted by Crippen LogP contribution is 2.30. The van der Waals surface area contributed by atoms with Crippen LogP contribution in [-0.2, 0) is 10.0 Å². The SMILES string of the molecule is Cc1ccc(S(=O)(=O)N(C)C)cc1C(=O)Nc1nc(-c2ccccc2Cl)cs1. The van der Waals surface area contributed by atoms with Crippen LogP contribution in [0.25, 0.3) is 11.3 Å². The minimum atomic E-state index is -3.63. The van der Waals surface area contributed by atoms with Gasteiger partial charge in [-0.05, 0) is 30.7 Å². The molecule has 146 valence electrons. The van der Waals surface area contributed by atoms with Crippen LogP contribution in [0.1, 0.15) is 15.9 Å². The lowest BCUT2D eigenvalue weighted by molar-refractivity contribution is 0.102. The first-order chi connectivity index (χ1) is 13.2. The Morgan fingerprint density at radius 1 is 1.18 bits per heavy atom. The number of anilines is 1. The largest absolute Gasteiger partial charge is 0.298 e. The number of amides is 1. The van der Waals surface area contributed by atoms with E-state index in [9.17, 15) is 13.2 Å². The molecule has 6 nitrogen and oxygen atoms in total. The molecule has 1 heterocycles. The fourth-order valence-corrected chi connectivity index (χ4v) is 4.37. The molecule has 0 aliphatic rings. The van der Waals surface area contributed by atoms with Crippen molar-refractivity contribution in [3.05, 3.63) is 64.0 Å². The molecule has 0 spiro atoms. The molecule has 0 aliphatic heterocycles. The van der Waals surface area contributed by atoms with E-state index in [0.29, 0.717) is 21.4 Å². The Hall–Kier alpha value is -2.26. The van der Waals surface area contributed by atoms with Crippen LogP contribution in [0.4, 0.5) is 5.13 Å². The van der Waals surface area contributed by atoms with Gasteiger partial charge in [-0.15, -0.1) is 11.3 Å². The van der Waals surface area contributed by atoms with E-state index in [4.69, 9.17) is 11.6 Å². The normalized spacial score (nSPS) is 11.6. The average molecular weight is 436 g/mol. The first-order valence-corrected chi connectivity index (χ1v) is 10.9. The average Bonchev–Trinajstić information content (AvgIpc) is 3.10. The van der Waals surface area contributed by atoms with Gasteiger partial charge in [-0.3, -0.25) is 10.1 Å². The lowest BCUT2D eigenvalue weighted by Crippen LogP contribution is -2.23. The number of aromatic nitrogens is 1. The number of rotatable bonds is 5. The zero-order valence-electron chi connectivity index (χ0n) is 15.4. The predicted molar refractivity (Wildman–Crippen MR) is 113 cm³/mol. The summed E-state index contributed by atoms with van der Waals surface area (Å²) < 4.78 is 25.8. The molecule has 0 aliphatic carbocycles. The zero-order valence-corrected chi connectivity index (χ0v) is 17.8. The van der Waals surface area contributed by atoms with Gasteiger partial charge in [0.25, 0.3) is 5.91 Å². The maximum Gasteiger partial charge on any atom is 0.257 e. The number of hydrogen-bond acceptors (Lipinski definition) is 5. The van der Waals surface area contributed by atoms with Gasteiger partial charge in [-0.2, -0.15) is 0 Å². The fraction of sp³-hybridized carbons (Fsp3) is 0.158. The summed E-state index contributed by atoms with van der Waals surface area (Å²) in [6.45, 7) is 1.75. The maximum absolute atomic E-state index is 12.7. The molecule has 3 aromatic rings. The van der Waals surface area contributed by atoms with Crippen molar-refractivity contribution in [1.29, 1.82) is 0 Å². The highest BCUT2D eigenvalue weighted by Gasteiger charge is 2.21. The molecule has 9 heteroatoms. The van der Waals surface area contributed by atoms with Crippen molar-refractivity contribution < 1.29 is 13.2 Å². The number of carbonyl (C=O) groups is 1. The van der Waals surface area contributed by atoms with Gasteiger partial charge in [0.05, 0.1) is 10.6 Å². The predicted octanol–water partition coefficient (Wildman–Crippen LogP) is 4.27. The van der Waals surface area contributed by atoms with Gasteiger partial charge in [0.1, 0.15) is 0 Å². The third-order valence-corrected chi connectivity index (χ3v) is 7.01. The second kappa shape index (κ2) is 8.00. The number of nitrogens with zero attached hydrogens (tertiary/aromatic N) is 2. The van der Waals surface area contributed by atoms with Crippen LogP contribution >= 0.6 is 22.9 Å². The highest BCUT2D eigenvalue weighted by atomic mass is 35.5. The van der Waals surface area contributed by atoms with Crippen molar-refractivity contribution in [2.45, 2.75) is 11.8 Å². The molecule has 0 unspecified atom stereocenters. The van der Waals surface area contributed by atoms with E-state index in [0.717, 1.165) is 9.87 Å². The molecule has 1 aromatic heterocycles. The van der Waals surface area contributed by atoms with Crippen molar-refractivity contribution in [3.63, 3.8) is 0 Å². The van der Waals surface area contributed by atoms with Crippen molar-refractivity contribution in [2.75, 3.05) is 19.4 Å². The van der Waals surface area contributed by atoms with E-state index < -0.39 is 15.9 Å². The van der Waals surface area contributed by atoms with E-state index >= 15 is 0 Å². The monoisotopic (exact) mass is 435 g/mol. The molecule has 0 saturated carbocycles. The maximum atomic E-state index is 12.7. The van der Waals surface area contributed by atoms with Gasteiger partial charge in [0, 0.05) is 35.6 Å². The number of nitrogens with one attached hydrogen (secondary N) is 1. The number of halogens is 1. The van der Waals surface area contributed by atoms with Crippen molar-refractivity contribution in [2.24, 2.45) is 0 Å². The standard InChI is InChI=1S/C19H18ClN3O3S2/c1-12-8-9-13(28(25,26)23(2)3)10-15(12)18(24)22-19-21-17(11-27-19)14-6-4-5-7-16(14)20/h4-11H,1-3H3,(H,21,22,24). The van der Waals surface area contributed by atoms with Gasteiger partial charge < -0.3 is 0 Å². The summed E-state index contributed by atoms with van der Waals surface area (Å²) in [5.41, 5.74) is 2.37. The summed E-state index contributed by atoms with van der Waals surface area (Å²) in [5.74, 6) is -0.423. The highest BCUT2D eigenvalue weighted by molar-refractivity contribution is 7.89. The van der Waals surface area contributed by atoms with Gasteiger partial charge in [0.15, 0.2) is 5.13 Å². The van der Waals surface area contributed by atoms with Crippen molar-refractivity contribution in [3.8, 4) is 11.3 Å². The third kappa shape index (κ3) is 4.10. The molecule has 2 aromatic carbocycles. The van der Waals surface area contributed by atoms with E-state index in [1.165, 1.54) is 37.6 Å². The number of benzene rings is 2. The molecule has 0 saturated heterocycles. The van der Waals surface area contributed by atoms with E-state index in [-0.39, 0.29) is 10.5 Å².